The van der Waals surface area contributed by atoms with E-state index in [9.17, 15) is 22.8 Å². The molecule has 0 saturated carbocycles. The number of rotatable bonds is 5. The highest BCUT2D eigenvalue weighted by Crippen LogP contribution is 2.18. The molecule has 3 rings (SSSR count). The van der Waals surface area contributed by atoms with Gasteiger partial charge in [-0.3, -0.25) is 23.9 Å². The highest BCUT2D eigenvalue weighted by molar-refractivity contribution is 7.85. The molecule has 10 heteroatoms. The average Bonchev–Trinajstić information content (AvgIpc) is 2.65. The number of imide groups is 1. The topological polar surface area (TPSA) is 124 Å². The lowest BCUT2D eigenvalue weighted by Gasteiger charge is -2.21. The van der Waals surface area contributed by atoms with Crippen LogP contribution < -0.4 is 10.9 Å². The van der Waals surface area contributed by atoms with Gasteiger partial charge in [-0.1, -0.05) is 11.8 Å². The van der Waals surface area contributed by atoms with E-state index < -0.39 is 27.6 Å². The zero-order chi connectivity index (χ0) is 21.0. The molecular weight excluding hydrogens is 398 g/mol. The Morgan fingerprint density at radius 2 is 2.10 bits per heavy atom. The maximum Gasteiger partial charge on any atom is 0.275 e. The molecule has 9 nitrogen and oxygen atoms in total. The summed E-state index contributed by atoms with van der Waals surface area (Å²) in [6, 6.07) is 4.23. The van der Waals surface area contributed by atoms with Gasteiger partial charge in [0, 0.05) is 23.8 Å². The molecule has 0 radical (unpaired) electrons. The molecule has 2 aromatic rings. The number of carbonyl (C=O) groups excluding carboxylic acids is 2. The van der Waals surface area contributed by atoms with Gasteiger partial charge in [0.2, 0.25) is 5.91 Å². The Bertz CT molecular complexity index is 1190. The lowest BCUT2D eigenvalue weighted by atomic mass is 10.1. The lowest BCUT2D eigenvalue weighted by molar-refractivity contribution is -0.136. The molecule has 152 valence electrons. The summed E-state index contributed by atoms with van der Waals surface area (Å²) in [6.07, 6.45) is 3.82. The van der Waals surface area contributed by atoms with Crippen LogP contribution in [0.15, 0.2) is 29.2 Å². The van der Waals surface area contributed by atoms with Crippen molar-refractivity contribution in [1.82, 2.24) is 15.1 Å². The summed E-state index contributed by atoms with van der Waals surface area (Å²) in [5.74, 6) is 4.99. The molecule has 0 aliphatic carbocycles. The highest BCUT2D eigenvalue weighted by Gasteiger charge is 2.29. The molecule has 1 saturated heterocycles. The Morgan fingerprint density at radius 1 is 1.31 bits per heavy atom. The van der Waals surface area contributed by atoms with Crippen molar-refractivity contribution in [2.24, 2.45) is 0 Å². The van der Waals surface area contributed by atoms with Crippen molar-refractivity contribution in [2.75, 3.05) is 12.9 Å². The first-order chi connectivity index (χ1) is 13.7. The second kappa shape index (κ2) is 8.55. The van der Waals surface area contributed by atoms with E-state index in [-0.39, 0.29) is 25.4 Å². The number of hydrogen-bond donors (Lipinski definition) is 1. The summed E-state index contributed by atoms with van der Waals surface area (Å²) in [5.41, 5.74) is 0.274. The number of amides is 2. The third kappa shape index (κ3) is 5.28. The summed E-state index contributed by atoms with van der Waals surface area (Å²) in [5, 5.41) is 7.31. The first-order valence-electron chi connectivity index (χ1n) is 8.93. The van der Waals surface area contributed by atoms with E-state index in [0.717, 1.165) is 10.9 Å². The Morgan fingerprint density at radius 3 is 2.83 bits per heavy atom. The van der Waals surface area contributed by atoms with Crippen molar-refractivity contribution in [3.8, 4) is 11.8 Å². The minimum absolute atomic E-state index is 0.0784. The van der Waals surface area contributed by atoms with Crippen LogP contribution in [-0.2, 0) is 23.9 Å². The van der Waals surface area contributed by atoms with Crippen LogP contribution in [0.3, 0.4) is 0 Å². The Hall–Kier alpha value is -3.03. The lowest BCUT2D eigenvalue weighted by Crippen LogP contribution is -2.45. The number of unbranched alkanes of at least 4 members (excludes halogenated alkanes) is 1. The zero-order valence-electron chi connectivity index (χ0n) is 15.7. The van der Waals surface area contributed by atoms with E-state index in [2.05, 4.69) is 26.4 Å². The maximum absolute atomic E-state index is 12.7. The van der Waals surface area contributed by atoms with Crippen LogP contribution >= 0.6 is 0 Å². The predicted octanol–water partition coefficient (Wildman–Crippen LogP) is 0.482. The first kappa shape index (κ1) is 20.7. The van der Waals surface area contributed by atoms with Crippen molar-refractivity contribution in [3.63, 3.8) is 0 Å². The molecule has 2 heterocycles. The van der Waals surface area contributed by atoms with E-state index in [1.54, 1.807) is 18.2 Å². The molecule has 1 aromatic heterocycles. The van der Waals surface area contributed by atoms with E-state index in [4.69, 9.17) is 0 Å². The van der Waals surface area contributed by atoms with Gasteiger partial charge in [0.05, 0.1) is 24.4 Å². The molecule has 1 aliphatic rings. The number of benzene rings is 1. The second-order valence-electron chi connectivity index (χ2n) is 6.59. The van der Waals surface area contributed by atoms with Crippen LogP contribution in [0.1, 0.15) is 37.3 Å². The van der Waals surface area contributed by atoms with Crippen molar-refractivity contribution < 1.29 is 22.2 Å². The fourth-order valence-electron chi connectivity index (χ4n) is 2.92. The summed E-state index contributed by atoms with van der Waals surface area (Å²) in [6.45, 7) is 0.0784. The number of nitrogens with zero attached hydrogens (tertiary/aromatic N) is 2. The molecule has 2 amide bonds. The van der Waals surface area contributed by atoms with Crippen LogP contribution in [0.25, 0.3) is 10.8 Å². The van der Waals surface area contributed by atoms with Gasteiger partial charge in [-0.05, 0) is 31.0 Å². The van der Waals surface area contributed by atoms with Crippen molar-refractivity contribution >= 4 is 32.7 Å². The third-order valence-electron chi connectivity index (χ3n) is 4.29. The minimum atomic E-state index is -3.44. The molecule has 29 heavy (non-hydrogen) atoms. The average molecular weight is 417 g/mol. The van der Waals surface area contributed by atoms with Gasteiger partial charge in [0.25, 0.3) is 21.6 Å². The van der Waals surface area contributed by atoms with Gasteiger partial charge in [-0.15, -0.1) is 0 Å². The third-order valence-corrected chi connectivity index (χ3v) is 4.89. The number of aromatic nitrogens is 2. The van der Waals surface area contributed by atoms with Crippen LogP contribution in [0.4, 0.5) is 0 Å². The minimum Gasteiger partial charge on any atom is -0.295 e. The largest absolute Gasteiger partial charge is 0.295 e. The van der Waals surface area contributed by atoms with Gasteiger partial charge < -0.3 is 0 Å². The first-order valence-corrected chi connectivity index (χ1v) is 10.7. The zero-order valence-corrected chi connectivity index (χ0v) is 16.5. The number of piperidine rings is 1. The van der Waals surface area contributed by atoms with Crippen molar-refractivity contribution in [2.45, 2.75) is 31.7 Å². The Labute approximate surface area is 167 Å². The summed E-state index contributed by atoms with van der Waals surface area (Å²) >= 11 is 0. The van der Waals surface area contributed by atoms with Gasteiger partial charge >= 0.3 is 0 Å². The monoisotopic (exact) mass is 417 g/mol. The number of hydrogen-bond acceptors (Lipinski definition) is 7. The summed E-state index contributed by atoms with van der Waals surface area (Å²) in [4.78, 5) is 36.0. The number of fused-ring (bicyclic) bond motifs is 1. The van der Waals surface area contributed by atoms with E-state index >= 15 is 0 Å². The number of carbonyl (C=O) groups is 2. The molecule has 1 aliphatic heterocycles. The van der Waals surface area contributed by atoms with Gasteiger partial charge in [0.15, 0.2) is 0 Å². The smallest absolute Gasteiger partial charge is 0.275 e. The molecule has 1 N–H and O–H groups in total. The summed E-state index contributed by atoms with van der Waals surface area (Å²) < 4.78 is 27.5. The van der Waals surface area contributed by atoms with Crippen LogP contribution in [0.5, 0.6) is 0 Å². The van der Waals surface area contributed by atoms with Crippen molar-refractivity contribution in [3.05, 3.63) is 40.3 Å². The van der Waals surface area contributed by atoms with Crippen LogP contribution in [-0.4, -0.2) is 42.9 Å². The van der Waals surface area contributed by atoms with Gasteiger partial charge in [-0.25, -0.2) is 4.68 Å². The highest BCUT2D eigenvalue weighted by atomic mass is 32.2. The molecular formula is C19H19N3O6S. The molecule has 1 atom stereocenters. The second-order valence-corrected chi connectivity index (χ2v) is 8.24. The molecule has 0 bridgehead atoms. The number of nitrogens with one attached hydrogen (secondary N) is 1. The summed E-state index contributed by atoms with van der Waals surface area (Å²) in [7, 11) is -3.44. The fourth-order valence-corrected chi connectivity index (χ4v) is 3.34. The molecule has 1 aromatic carbocycles. The van der Waals surface area contributed by atoms with E-state index in [0.29, 0.717) is 29.2 Å². The molecule has 1 fully saturated rings. The van der Waals surface area contributed by atoms with Crippen molar-refractivity contribution in [1.29, 1.82) is 0 Å². The van der Waals surface area contributed by atoms with Gasteiger partial charge in [0.1, 0.15) is 6.04 Å². The molecule has 0 spiro atoms. The standard InChI is InChI=1S/C19H19N3O6S/c1-29(26,27)28-10-4-2-3-5-13-6-7-15-14(11-13)12-20-22(19(15)25)16-8-9-17(23)21-18(16)24/h6-7,11-12,16H,2,4,8-10H2,1H3,(H,21,23,24). The Balaban J connectivity index is 1.74. The SMILES string of the molecule is CS(=O)(=O)OCCCC#Cc1ccc2c(=O)n(C3CCC(=O)NC3=O)ncc2c1. The van der Waals surface area contributed by atoms with Crippen LogP contribution in [0, 0.1) is 11.8 Å². The quantitative estimate of drug-likeness (QED) is 0.325. The molecule has 1 unspecified atom stereocenters. The Kier molecular flexibility index (Phi) is 6.10. The van der Waals surface area contributed by atoms with E-state index in [1.807, 2.05) is 0 Å². The fraction of sp³-hybridized carbons (Fsp3) is 0.368. The predicted molar refractivity (Wildman–Crippen MR) is 104 cm³/mol. The van der Waals surface area contributed by atoms with Crippen LogP contribution in [0.2, 0.25) is 0 Å². The van der Waals surface area contributed by atoms with Gasteiger partial charge in [-0.2, -0.15) is 13.5 Å². The maximum atomic E-state index is 12.7. The van der Waals surface area contributed by atoms with E-state index in [1.165, 1.54) is 6.20 Å². The normalized spacial score (nSPS) is 16.9.